The summed E-state index contributed by atoms with van der Waals surface area (Å²) in [5.41, 5.74) is 3.91. The van der Waals surface area contributed by atoms with Gasteiger partial charge < -0.3 is 5.32 Å². The average Bonchev–Trinajstić information content (AvgIpc) is 3.31. The summed E-state index contributed by atoms with van der Waals surface area (Å²) in [6.45, 7) is 3.87. The van der Waals surface area contributed by atoms with Crippen molar-refractivity contribution in [3.8, 4) is 5.69 Å². The highest BCUT2D eigenvalue weighted by molar-refractivity contribution is 7.98. The molecule has 0 spiro atoms. The average molecular weight is 500 g/mol. The number of non-ortho nitro benzene ring substituents is 1. The second kappa shape index (κ2) is 11.5. The standard InChI is InChI=1S/C27H25N5O3S/c1-19-7-6-10-22(17-19)18-36-27-30-29-26(31(27)23-12-14-24(15-13-23)32(34)35)20(2)28-25(33)16-11-21-8-4-3-5-9-21/h3-17,20H,18H2,1-2H3,(H,28,33). The SMILES string of the molecule is Cc1cccc(CSc2nnc(C(C)NC(=O)C=Cc3ccccc3)n2-c2ccc([N+](=O)[O-])cc2)c1. The van der Waals surface area contributed by atoms with Crippen LogP contribution in [0.5, 0.6) is 0 Å². The van der Waals surface area contributed by atoms with Crippen LogP contribution in [-0.2, 0) is 10.5 Å². The Hall–Kier alpha value is -4.24. The Balaban J connectivity index is 1.59. The Kier molecular flexibility index (Phi) is 7.92. The summed E-state index contributed by atoms with van der Waals surface area (Å²) in [7, 11) is 0. The second-order valence-electron chi connectivity index (χ2n) is 8.20. The number of aryl methyl sites for hydroxylation is 1. The molecule has 1 N–H and O–H groups in total. The van der Waals surface area contributed by atoms with E-state index in [-0.39, 0.29) is 11.6 Å². The number of nitro benzene ring substituents is 1. The van der Waals surface area contributed by atoms with Crippen LogP contribution in [0.1, 0.15) is 35.5 Å². The number of amides is 1. The number of hydrogen-bond donors (Lipinski definition) is 1. The van der Waals surface area contributed by atoms with Crippen molar-refractivity contribution in [3.05, 3.63) is 118 Å². The Bertz CT molecular complexity index is 1380. The summed E-state index contributed by atoms with van der Waals surface area (Å²) in [5, 5.41) is 23.4. The maximum atomic E-state index is 12.6. The maximum absolute atomic E-state index is 12.6. The fraction of sp³-hybridized carbons (Fsp3) is 0.148. The summed E-state index contributed by atoms with van der Waals surface area (Å²) < 4.78 is 1.83. The topological polar surface area (TPSA) is 103 Å². The lowest BCUT2D eigenvalue weighted by molar-refractivity contribution is -0.384. The van der Waals surface area contributed by atoms with Crippen LogP contribution in [0.3, 0.4) is 0 Å². The molecule has 1 atom stereocenters. The lowest BCUT2D eigenvalue weighted by Crippen LogP contribution is -2.27. The zero-order chi connectivity index (χ0) is 25.5. The summed E-state index contributed by atoms with van der Waals surface area (Å²) in [5.74, 6) is 0.934. The molecule has 0 aliphatic rings. The van der Waals surface area contributed by atoms with Gasteiger partial charge in [0.15, 0.2) is 11.0 Å². The van der Waals surface area contributed by atoms with E-state index >= 15 is 0 Å². The van der Waals surface area contributed by atoms with E-state index in [0.29, 0.717) is 22.4 Å². The largest absolute Gasteiger partial charge is 0.343 e. The van der Waals surface area contributed by atoms with Crippen LogP contribution in [0.25, 0.3) is 11.8 Å². The van der Waals surface area contributed by atoms with Gasteiger partial charge in [-0.25, -0.2) is 0 Å². The number of carbonyl (C=O) groups is 1. The van der Waals surface area contributed by atoms with Crippen molar-refractivity contribution in [2.75, 3.05) is 0 Å². The number of thioether (sulfide) groups is 1. The van der Waals surface area contributed by atoms with Gasteiger partial charge in [-0.1, -0.05) is 71.9 Å². The zero-order valence-electron chi connectivity index (χ0n) is 19.9. The predicted molar refractivity (Wildman–Crippen MR) is 141 cm³/mol. The third-order valence-electron chi connectivity index (χ3n) is 5.40. The fourth-order valence-electron chi connectivity index (χ4n) is 3.63. The number of nitro groups is 1. The highest BCUT2D eigenvalue weighted by atomic mass is 32.2. The quantitative estimate of drug-likeness (QED) is 0.138. The molecule has 0 bridgehead atoms. The van der Waals surface area contributed by atoms with Crippen LogP contribution < -0.4 is 5.32 Å². The van der Waals surface area contributed by atoms with Gasteiger partial charge in [0.1, 0.15) is 0 Å². The van der Waals surface area contributed by atoms with E-state index in [9.17, 15) is 14.9 Å². The fourth-order valence-corrected chi connectivity index (χ4v) is 4.54. The summed E-state index contributed by atoms with van der Waals surface area (Å²) >= 11 is 1.51. The van der Waals surface area contributed by atoms with E-state index in [1.165, 1.54) is 35.5 Å². The Morgan fingerprint density at radius 2 is 1.83 bits per heavy atom. The zero-order valence-corrected chi connectivity index (χ0v) is 20.7. The first-order valence-electron chi connectivity index (χ1n) is 11.3. The monoisotopic (exact) mass is 499 g/mol. The van der Waals surface area contributed by atoms with Gasteiger partial charge in [-0.15, -0.1) is 10.2 Å². The highest BCUT2D eigenvalue weighted by Crippen LogP contribution is 2.28. The number of carbonyl (C=O) groups excluding carboxylic acids is 1. The minimum atomic E-state index is -0.464. The molecule has 8 nitrogen and oxygen atoms in total. The van der Waals surface area contributed by atoms with Crippen molar-refractivity contribution in [1.29, 1.82) is 0 Å². The van der Waals surface area contributed by atoms with Gasteiger partial charge >= 0.3 is 0 Å². The molecule has 0 saturated heterocycles. The smallest absolute Gasteiger partial charge is 0.269 e. The number of nitrogens with one attached hydrogen (secondary N) is 1. The molecule has 0 aliphatic carbocycles. The maximum Gasteiger partial charge on any atom is 0.269 e. The van der Waals surface area contributed by atoms with Crippen molar-refractivity contribution in [2.45, 2.75) is 30.8 Å². The molecule has 1 aromatic heterocycles. The minimum absolute atomic E-state index is 0.00487. The van der Waals surface area contributed by atoms with E-state index in [1.807, 2.05) is 60.9 Å². The minimum Gasteiger partial charge on any atom is -0.343 e. The van der Waals surface area contributed by atoms with Crippen molar-refractivity contribution in [3.63, 3.8) is 0 Å². The van der Waals surface area contributed by atoms with Gasteiger partial charge in [0.25, 0.3) is 5.69 Å². The molecule has 9 heteroatoms. The van der Waals surface area contributed by atoms with Crippen molar-refractivity contribution < 1.29 is 9.72 Å². The lowest BCUT2D eigenvalue weighted by Gasteiger charge is -2.15. The second-order valence-corrected chi connectivity index (χ2v) is 9.14. The predicted octanol–water partition coefficient (Wildman–Crippen LogP) is 5.67. The summed E-state index contributed by atoms with van der Waals surface area (Å²) in [4.78, 5) is 23.3. The van der Waals surface area contributed by atoms with E-state index in [2.05, 4.69) is 27.6 Å². The molecule has 3 aromatic carbocycles. The number of nitrogens with zero attached hydrogens (tertiary/aromatic N) is 4. The summed E-state index contributed by atoms with van der Waals surface area (Å²) in [6, 6.07) is 23.5. The first-order valence-corrected chi connectivity index (χ1v) is 12.3. The Labute approximate surface area is 213 Å². The van der Waals surface area contributed by atoms with Crippen LogP contribution in [0.15, 0.2) is 90.1 Å². The van der Waals surface area contributed by atoms with E-state index < -0.39 is 11.0 Å². The van der Waals surface area contributed by atoms with Crippen LogP contribution >= 0.6 is 11.8 Å². The van der Waals surface area contributed by atoms with E-state index in [4.69, 9.17) is 0 Å². The third kappa shape index (κ3) is 6.25. The third-order valence-corrected chi connectivity index (χ3v) is 6.40. The molecular formula is C27H25N5O3S. The molecule has 0 aliphatic heterocycles. The number of aromatic nitrogens is 3. The molecule has 36 heavy (non-hydrogen) atoms. The van der Waals surface area contributed by atoms with Gasteiger partial charge in [0.2, 0.25) is 5.91 Å². The van der Waals surface area contributed by atoms with Crippen molar-refractivity contribution in [2.24, 2.45) is 0 Å². The van der Waals surface area contributed by atoms with Gasteiger partial charge in [0.05, 0.1) is 11.0 Å². The Morgan fingerprint density at radius 1 is 1.08 bits per heavy atom. The normalized spacial score (nSPS) is 11.9. The molecule has 4 rings (SSSR count). The molecule has 182 valence electrons. The van der Waals surface area contributed by atoms with E-state index in [0.717, 1.165) is 11.1 Å². The van der Waals surface area contributed by atoms with Gasteiger partial charge in [0, 0.05) is 29.6 Å². The first kappa shape index (κ1) is 24.9. The molecule has 1 heterocycles. The van der Waals surface area contributed by atoms with Crippen molar-refractivity contribution in [1.82, 2.24) is 20.1 Å². The molecule has 1 unspecified atom stereocenters. The van der Waals surface area contributed by atoms with Gasteiger partial charge in [-0.05, 0) is 43.2 Å². The first-order chi connectivity index (χ1) is 17.4. The van der Waals surface area contributed by atoms with Crippen molar-refractivity contribution >= 4 is 29.4 Å². The van der Waals surface area contributed by atoms with Crippen LogP contribution in [0.4, 0.5) is 5.69 Å². The molecule has 0 saturated carbocycles. The van der Waals surface area contributed by atoms with Gasteiger partial charge in [-0.2, -0.15) is 0 Å². The van der Waals surface area contributed by atoms with Gasteiger partial charge in [-0.3, -0.25) is 19.5 Å². The number of hydrogen-bond acceptors (Lipinski definition) is 6. The number of rotatable bonds is 9. The van der Waals surface area contributed by atoms with Crippen LogP contribution in [0, 0.1) is 17.0 Å². The van der Waals surface area contributed by atoms with Crippen LogP contribution in [-0.4, -0.2) is 25.6 Å². The molecule has 0 radical (unpaired) electrons. The van der Waals surface area contributed by atoms with E-state index in [1.54, 1.807) is 18.2 Å². The Morgan fingerprint density at radius 3 is 2.53 bits per heavy atom. The number of benzene rings is 3. The lowest BCUT2D eigenvalue weighted by atomic mass is 10.2. The molecule has 4 aromatic rings. The molecule has 0 fully saturated rings. The highest BCUT2D eigenvalue weighted by Gasteiger charge is 2.21. The van der Waals surface area contributed by atoms with Crippen LogP contribution in [0.2, 0.25) is 0 Å². The molecular weight excluding hydrogens is 474 g/mol. The molecule has 1 amide bonds. The summed E-state index contributed by atoms with van der Waals surface area (Å²) in [6.07, 6.45) is 3.22.